The summed E-state index contributed by atoms with van der Waals surface area (Å²) in [5.41, 5.74) is 0.208. The first kappa shape index (κ1) is 13.3. The molecule has 1 rings (SSSR count). The predicted molar refractivity (Wildman–Crippen MR) is 61.2 cm³/mol. The predicted octanol–water partition coefficient (Wildman–Crippen LogP) is 1.82. The van der Waals surface area contributed by atoms with Gasteiger partial charge in [0.2, 0.25) is 0 Å². The van der Waals surface area contributed by atoms with E-state index in [0.717, 1.165) is 6.07 Å². The molecule has 0 saturated heterocycles. The Morgan fingerprint density at radius 3 is 2.69 bits per heavy atom. The summed E-state index contributed by atoms with van der Waals surface area (Å²) in [4.78, 5) is 10.5. The summed E-state index contributed by atoms with van der Waals surface area (Å²) < 4.78 is 13.0. The fourth-order valence-electron chi connectivity index (χ4n) is 1.33. The molecule has 0 bridgehead atoms. The summed E-state index contributed by atoms with van der Waals surface area (Å²) >= 11 is 3.14. The van der Waals surface area contributed by atoms with Gasteiger partial charge in [-0.3, -0.25) is 4.79 Å². The number of carbonyl (C=O) groups excluding carboxylic acids is 1. The van der Waals surface area contributed by atoms with Crippen molar-refractivity contribution < 1.29 is 19.4 Å². The molecule has 0 saturated carbocycles. The van der Waals surface area contributed by atoms with Crippen molar-refractivity contribution in [2.75, 3.05) is 5.33 Å². The van der Waals surface area contributed by atoms with Gasteiger partial charge >= 0.3 is 0 Å². The maximum Gasteiger partial charge on any atom is 0.153 e. The van der Waals surface area contributed by atoms with Crippen LogP contribution < -0.4 is 0 Å². The molecule has 5 heteroatoms. The van der Waals surface area contributed by atoms with Gasteiger partial charge in [-0.15, -0.1) is 0 Å². The topological polar surface area (TPSA) is 57.5 Å². The Morgan fingerprint density at radius 2 is 2.12 bits per heavy atom. The largest absolute Gasteiger partial charge is 0.390 e. The van der Waals surface area contributed by atoms with E-state index in [1.807, 2.05) is 0 Å². The Morgan fingerprint density at radius 1 is 1.44 bits per heavy atom. The summed E-state index contributed by atoms with van der Waals surface area (Å²) in [6, 6.07) is 3.69. The molecule has 16 heavy (non-hydrogen) atoms. The number of aldehydes is 1. The Kier molecular flexibility index (Phi) is 5.05. The van der Waals surface area contributed by atoms with Gasteiger partial charge in [-0.2, -0.15) is 0 Å². The van der Waals surface area contributed by atoms with Gasteiger partial charge in [-0.1, -0.05) is 22.0 Å². The van der Waals surface area contributed by atoms with Crippen LogP contribution in [0.5, 0.6) is 0 Å². The molecule has 88 valence electrons. The highest BCUT2D eigenvalue weighted by molar-refractivity contribution is 9.09. The van der Waals surface area contributed by atoms with E-state index in [2.05, 4.69) is 15.9 Å². The maximum absolute atomic E-state index is 13.0. The Labute approximate surface area is 101 Å². The molecule has 0 aromatic heterocycles. The van der Waals surface area contributed by atoms with E-state index in [9.17, 15) is 19.4 Å². The van der Waals surface area contributed by atoms with Gasteiger partial charge in [0.15, 0.2) is 6.29 Å². The molecular formula is C11H12BrFO3. The zero-order valence-corrected chi connectivity index (χ0v) is 10.0. The average molecular weight is 291 g/mol. The molecule has 2 N–H and O–H groups in total. The van der Waals surface area contributed by atoms with Crippen LogP contribution in [0.4, 0.5) is 4.39 Å². The molecule has 0 radical (unpaired) electrons. The lowest BCUT2D eigenvalue weighted by atomic mass is 10.0. The van der Waals surface area contributed by atoms with E-state index >= 15 is 0 Å². The molecule has 0 aliphatic rings. The SMILES string of the molecule is O=Cc1cc(C(O)C(O)CCBr)ccc1F. The Hall–Kier alpha value is -0.780. The molecule has 3 nitrogen and oxygen atoms in total. The van der Waals surface area contributed by atoms with E-state index in [-0.39, 0.29) is 5.56 Å². The molecule has 0 fully saturated rings. The van der Waals surface area contributed by atoms with Crippen LogP contribution in [-0.2, 0) is 0 Å². The maximum atomic E-state index is 13.0. The summed E-state index contributed by atoms with van der Waals surface area (Å²) in [6.45, 7) is 0. The molecule has 0 spiro atoms. The molecule has 0 aliphatic heterocycles. The van der Waals surface area contributed by atoms with Crippen molar-refractivity contribution in [2.24, 2.45) is 0 Å². The van der Waals surface area contributed by atoms with Gasteiger partial charge in [-0.05, 0) is 24.1 Å². The Bertz CT molecular complexity index is 370. The third-order valence-corrected chi connectivity index (χ3v) is 2.72. The second kappa shape index (κ2) is 6.08. The summed E-state index contributed by atoms with van der Waals surface area (Å²) in [6.07, 6.45) is -1.31. The monoisotopic (exact) mass is 290 g/mol. The number of hydrogen-bond acceptors (Lipinski definition) is 3. The number of aliphatic hydroxyl groups excluding tert-OH is 2. The molecule has 1 aromatic rings. The lowest BCUT2D eigenvalue weighted by Crippen LogP contribution is -2.18. The van der Waals surface area contributed by atoms with Crippen molar-refractivity contribution in [2.45, 2.75) is 18.6 Å². The molecule has 0 amide bonds. The molecule has 0 aliphatic carbocycles. The fourth-order valence-corrected chi connectivity index (χ4v) is 1.80. The van der Waals surface area contributed by atoms with E-state index in [1.54, 1.807) is 0 Å². The quantitative estimate of drug-likeness (QED) is 0.642. The zero-order valence-electron chi connectivity index (χ0n) is 8.44. The smallest absolute Gasteiger partial charge is 0.153 e. The Balaban J connectivity index is 2.91. The molecular weight excluding hydrogens is 279 g/mol. The normalized spacial score (nSPS) is 14.5. The van der Waals surface area contributed by atoms with E-state index in [0.29, 0.717) is 23.6 Å². The molecule has 2 unspecified atom stereocenters. The second-order valence-corrected chi connectivity index (χ2v) is 4.18. The summed E-state index contributed by atoms with van der Waals surface area (Å²) in [5, 5.41) is 19.8. The number of hydrogen-bond donors (Lipinski definition) is 2. The summed E-state index contributed by atoms with van der Waals surface area (Å²) in [7, 11) is 0. The van der Waals surface area contributed by atoms with Crippen molar-refractivity contribution in [3.63, 3.8) is 0 Å². The molecule has 1 aromatic carbocycles. The lowest BCUT2D eigenvalue weighted by molar-refractivity contribution is 0.0173. The van der Waals surface area contributed by atoms with E-state index in [4.69, 9.17) is 0 Å². The molecule has 0 heterocycles. The number of halogens is 2. The minimum absolute atomic E-state index is 0.123. The third kappa shape index (κ3) is 3.10. The first-order chi connectivity index (χ1) is 7.60. The van der Waals surface area contributed by atoms with Gasteiger partial charge in [0.1, 0.15) is 11.9 Å². The highest BCUT2D eigenvalue weighted by Gasteiger charge is 2.18. The van der Waals surface area contributed by atoms with Crippen LogP contribution >= 0.6 is 15.9 Å². The van der Waals surface area contributed by atoms with E-state index in [1.165, 1.54) is 12.1 Å². The average Bonchev–Trinajstić information content (AvgIpc) is 2.29. The van der Waals surface area contributed by atoms with Crippen LogP contribution in [-0.4, -0.2) is 27.9 Å². The summed E-state index contributed by atoms with van der Waals surface area (Å²) in [5.74, 6) is -0.638. The van der Waals surface area contributed by atoms with Crippen molar-refractivity contribution in [1.82, 2.24) is 0 Å². The van der Waals surface area contributed by atoms with Crippen LogP contribution in [0.25, 0.3) is 0 Å². The van der Waals surface area contributed by atoms with Gasteiger partial charge in [-0.25, -0.2) is 4.39 Å². The number of alkyl halides is 1. The number of benzene rings is 1. The van der Waals surface area contributed by atoms with Gasteiger partial charge in [0.05, 0.1) is 11.7 Å². The molecule has 2 atom stereocenters. The minimum atomic E-state index is -1.11. The van der Waals surface area contributed by atoms with Crippen molar-refractivity contribution >= 4 is 22.2 Å². The fraction of sp³-hybridized carbons (Fsp3) is 0.364. The first-order valence-corrected chi connectivity index (χ1v) is 5.89. The van der Waals surface area contributed by atoms with Crippen LogP contribution in [0.3, 0.4) is 0 Å². The van der Waals surface area contributed by atoms with Crippen LogP contribution in [0, 0.1) is 5.82 Å². The van der Waals surface area contributed by atoms with Crippen molar-refractivity contribution in [3.8, 4) is 0 Å². The first-order valence-electron chi connectivity index (χ1n) is 4.77. The van der Waals surface area contributed by atoms with Crippen molar-refractivity contribution in [1.29, 1.82) is 0 Å². The van der Waals surface area contributed by atoms with Crippen LogP contribution in [0.2, 0.25) is 0 Å². The standard InChI is InChI=1S/C11H12BrFO3/c12-4-3-10(15)11(16)7-1-2-9(13)8(5-7)6-14/h1-2,5-6,10-11,15-16H,3-4H2. The number of carbonyl (C=O) groups is 1. The van der Waals surface area contributed by atoms with Crippen molar-refractivity contribution in [3.05, 3.63) is 35.1 Å². The second-order valence-electron chi connectivity index (χ2n) is 3.39. The third-order valence-electron chi connectivity index (χ3n) is 2.26. The van der Waals surface area contributed by atoms with Crippen LogP contribution in [0.1, 0.15) is 28.4 Å². The highest BCUT2D eigenvalue weighted by Crippen LogP contribution is 2.21. The van der Waals surface area contributed by atoms with E-state index < -0.39 is 18.0 Å². The number of aliphatic hydroxyl groups is 2. The minimum Gasteiger partial charge on any atom is -0.390 e. The lowest BCUT2D eigenvalue weighted by Gasteiger charge is -2.17. The highest BCUT2D eigenvalue weighted by atomic mass is 79.9. The number of rotatable bonds is 5. The van der Waals surface area contributed by atoms with Gasteiger partial charge < -0.3 is 10.2 Å². The van der Waals surface area contributed by atoms with Gasteiger partial charge in [0, 0.05) is 5.33 Å². The van der Waals surface area contributed by atoms with Crippen LogP contribution in [0.15, 0.2) is 18.2 Å². The zero-order chi connectivity index (χ0) is 12.1. The van der Waals surface area contributed by atoms with Gasteiger partial charge in [0.25, 0.3) is 0 Å².